The zero-order valence-corrected chi connectivity index (χ0v) is 14.1. The maximum Gasteiger partial charge on any atom is 0.221 e. The Morgan fingerprint density at radius 2 is 1.95 bits per heavy atom. The first kappa shape index (κ1) is 16.6. The number of ether oxygens (including phenoxy) is 1. The fraction of sp³-hybridized carbons (Fsp3) is 0.938. The van der Waals surface area contributed by atoms with Crippen LogP contribution in [0.3, 0.4) is 0 Å². The molecule has 6 heteroatoms. The highest BCUT2D eigenvalue weighted by atomic mass is 32.2. The van der Waals surface area contributed by atoms with Crippen LogP contribution in [0.1, 0.15) is 38.5 Å². The van der Waals surface area contributed by atoms with E-state index in [2.05, 4.69) is 10.2 Å². The Morgan fingerprint density at radius 3 is 2.59 bits per heavy atom. The Hall–Kier alpha value is -0.300. The SMILES string of the molecule is O=C(CC1(N2CCOCC2)CCCC1)NCC1(O)CCSC1. The summed E-state index contributed by atoms with van der Waals surface area (Å²) in [5.41, 5.74) is -0.664. The fourth-order valence-electron chi connectivity index (χ4n) is 4.04. The molecule has 3 fully saturated rings. The second-order valence-electron chi connectivity index (χ2n) is 7.01. The highest BCUT2D eigenvalue weighted by Gasteiger charge is 2.42. The Labute approximate surface area is 137 Å². The normalized spacial score (nSPS) is 32.2. The number of aliphatic hydroxyl groups is 1. The summed E-state index contributed by atoms with van der Waals surface area (Å²) in [6.45, 7) is 3.83. The quantitative estimate of drug-likeness (QED) is 0.789. The van der Waals surface area contributed by atoms with Gasteiger partial charge in [-0.25, -0.2) is 0 Å². The number of thioether (sulfide) groups is 1. The number of nitrogens with one attached hydrogen (secondary N) is 1. The molecule has 1 amide bonds. The van der Waals surface area contributed by atoms with Crippen molar-refractivity contribution in [3.63, 3.8) is 0 Å². The van der Waals surface area contributed by atoms with Crippen molar-refractivity contribution < 1.29 is 14.6 Å². The molecule has 1 atom stereocenters. The van der Waals surface area contributed by atoms with Gasteiger partial charge < -0.3 is 15.2 Å². The third-order valence-electron chi connectivity index (χ3n) is 5.40. The number of hydrogen-bond donors (Lipinski definition) is 2. The number of nitrogens with zero attached hydrogens (tertiary/aromatic N) is 1. The summed E-state index contributed by atoms with van der Waals surface area (Å²) >= 11 is 1.76. The zero-order chi connectivity index (χ0) is 15.5. The van der Waals surface area contributed by atoms with Crippen LogP contribution in [-0.2, 0) is 9.53 Å². The predicted octanol–water partition coefficient (Wildman–Crippen LogP) is 1.01. The van der Waals surface area contributed by atoms with Gasteiger partial charge in [-0.15, -0.1) is 0 Å². The van der Waals surface area contributed by atoms with Gasteiger partial charge in [0.15, 0.2) is 0 Å². The van der Waals surface area contributed by atoms with Crippen molar-refractivity contribution in [1.29, 1.82) is 0 Å². The molecule has 0 aromatic heterocycles. The first-order valence-corrected chi connectivity index (χ1v) is 9.67. The maximum atomic E-state index is 12.5. The van der Waals surface area contributed by atoms with E-state index in [0.717, 1.165) is 57.1 Å². The molecule has 0 radical (unpaired) electrons. The van der Waals surface area contributed by atoms with Crippen molar-refractivity contribution in [1.82, 2.24) is 10.2 Å². The average Bonchev–Trinajstić information content (AvgIpc) is 3.17. The fourth-order valence-corrected chi connectivity index (χ4v) is 5.33. The van der Waals surface area contributed by atoms with E-state index >= 15 is 0 Å². The van der Waals surface area contributed by atoms with Crippen LogP contribution in [0.2, 0.25) is 0 Å². The summed E-state index contributed by atoms with van der Waals surface area (Å²) in [5, 5.41) is 13.3. The van der Waals surface area contributed by atoms with Gasteiger partial charge in [-0.2, -0.15) is 11.8 Å². The molecule has 22 heavy (non-hydrogen) atoms. The third-order valence-corrected chi connectivity index (χ3v) is 6.64. The molecule has 0 aromatic carbocycles. The lowest BCUT2D eigenvalue weighted by Gasteiger charge is -2.43. The van der Waals surface area contributed by atoms with Crippen molar-refractivity contribution in [3.8, 4) is 0 Å². The number of amides is 1. The Morgan fingerprint density at radius 1 is 1.23 bits per heavy atom. The van der Waals surface area contributed by atoms with Crippen molar-refractivity contribution in [3.05, 3.63) is 0 Å². The van der Waals surface area contributed by atoms with E-state index in [0.29, 0.717) is 13.0 Å². The lowest BCUT2D eigenvalue weighted by Crippen LogP contribution is -2.54. The average molecular weight is 328 g/mol. The lowest BCUT2D eigenvalue weighted by molar-refractivity contribution is -0.126. The van der Waals surface area contributed by atoms with Crippen LogP contribution in [0.4, 0.5) is 0 Å². The summed E-state index contributed by atoms with van der Waals surface area (Å²) in [4.78, 5) is 14.9. The molecule has 2 saturated heterocycles. The van der Waals surface area contributed by atoms with E-state index in [1.165, 1.54) is 12.8 Å². The molecule has 3 rings (SSSR count). The van der Waals surface area contributed by atoms with Gasteiger partial charge in [-0.3, -0.25) is 9.69 Å². The molecule has 5 nitrogen and oxygen atoms in total. The van der Waals surface area contributed by atoms with E-state index in [1.807, 2.05) is 0 Å². The molecule has 3 aliphatic rings. The van der Waals surface area contributed by atoms with Crippen LogP contribution in [0, 0.1) is 0 Å². The molecule has 2 aliphatic heterocycles. The topological polar surface area (TPSA) is 61.8 Å². The molecular weight excluding hydrogens is 300 g/mol. The monoisotopic (exact) mass is 328 g/mol. The van der Waals surface area contributed by atoms with E-state index < -0.39 is 5.60 Å². The maximum absolute atomic E-state index is 12.5. The Kier molecular flexibility index (Phi) is 5.32. The van der Waals surface area contributed by atoms with Gasteiger partial charge in [0.25, 0.3) is 0 Å². The second kappa shape index (κ2) is 7.07. The van der Waals surface area contributed by atoms with Crippen LogP contribution in [0.15, 0.2) is 0 Å². The van der Waals surface area contributed by atoms with Gasteiger partial charge in [0, 0.05) is 37.3 Å². The molecule has 0 spiro atoms. The molecule has 2 N–H and O–H groups in total. The first-order valence-electron chi connectivity index (χ1n) is 8.52. The molecule has 126 valence electrons. The molecule has 0 aromatic rings. The van der Waals surface area contributed by atoms with Gasteiger partial charge in [0.05, 0.1) is 18.8 Å². The minimum absolute atomic E-state index is 0.0287. The van der Waals surface area contributed by atoms with E-state index in [1.54, 1.807) is 11.8 Å². The van der Waals surface area contributed by atoms with E-state index in [9.17, 15) is 9.90 Å². The van der Waals surface area contributed by atoms with E-state index in [-0.39, 0.29) is 11.4 Å². The molecule has 1 unspecified atom stereocenters. The van der Waals surface area contributed by atoms with Gasteiger partial charge in [0.1, 0.15) is 0 Å². The first-order chi connectivity index (χ1) is 10.6. The highest BCUT2D eigenvalue weighted by molar-refractivity contribution is 7.99. The van der Waals surface area contributed by atoms with Crippen LogP contribution >= 0.6 is 11.8 Å². The van der Waals surface area contributed by atoms with Gasteiger partial charge in [-0.1, -0.05) is 12.8 Å². The van der Waals surface area contributed by atoms with Gasteiger partial charge >= 0.3 is 0 Å². The smallest absolute Gasteiger partial charge is 0.221 e. The van der Waals surface area contributed by atoms with Crippen molar-refractivity contribution in [2.24, 2.45) is 0 Å². The summed E-state index contributed by atoms with van der Waals surface area (Å²) in [5.74, 6) is 1.82. The molecule has 0 bridgehead atoms. The number of carbonyl (C=O) groups excluding carboxylic acids is 1. The summed E-state index contributed by atoms with van der Waals surface area (Å²) in [7, 11) is 0. The Balaban J connectivity index is 1.55. The van der Waals surface area contributed by atoms with Crippen LogP contribution in [-0.4, -0.2) is 71.4 Å². The largest absolute Gasteiger partial charge is 0.387 e. The van der Waals surface area contributed by atoms with Gasteiger partial charge in [-0.05, 0) is 25.0 Å². The molecule has 1 aliphatic carbocycles. The molecular formula is C16H28N2O3S. The standard InChI is InChI=1S/C16H28N2O3S/c19-14(17-12-16(20)5-10-22-13-16)11-15(3-1-2-4-15)18-6-8-21-9-7-18/h20H,1-13H2,(H,17,19). The summed E-state index contributed by atoms with van der Waals surface area (Å²) in [6.07, 6.45) is 6.00. The number of rotatable bonds is 5. The number of carbonyl (C=O) groups is 1. The molecule has 2 heterocycles. The summed E-state index contributed by atoms with van der Waals surface area (Å²) in [6, 6.07) is 0. The summed E-state index contributed by atoms with van der Waals surface area (Å²) < 4.78 is 5.46. The van der Waals surface area contributed by atoms with Crippen LogP contribution in [0.25, 0.3) is 0 Å². The number of hydrogen-bond acceptors (Lipinski definition) is 5. The van der Waals surface area contributed by atoms with Crippen LogP contribution in [0.5, 0.6) is 0 Å². The Bertz CT molecular complexity index is 387. The van der Waals surface area contributed by atoms with Crippen molar-refractivity contribution in [2.45, 2.75) is 49.7 Å². The predicted molar refractivity (Wildman–Crippen MR) is 88.1 cm³/mol. The van der Waals surface area contributed by atoms with Crippen LogP contribution < -0.4 is 5.32 Å². The van der Waals surface area contributed by atoms with E-state index in [4.69, 9.17) is 4.74 Å². The minimum Gasteiger partial charge on any atom is -0.387 e. The third kappa shape index (κ3) is 3.78. The highest BCUT2D eigenvalue weighted by Crippen LogP contribution is 2.38. The van der Waals surface area contributed by atoms with Crippen molar-refractivity contribution >= 4 is 17.7 Å². The number of morpholine rings is 1. The second-order valence-corrected chi connectivity index (χ2v) is 8.12. The minimum atomic E-state index is -0.692. The lowest BCUT2D eigenvalue weighted by atomic mass is 9.89. The zero-order valence-electron chi connectivity index (χ0n) is 13.3. The van der Waals surface area contributed by atoms with Crippen molar-refractivity contribution in [2.75, 3.05) is 44.4 Å². The van der Waals surface area contributed by atoms with Gasteiger partial charge in [0.2, 0.25) is 5.91 Å². The molecule has 1 saturated carbocycles.